The molecule has 1 amide bonds. The van der Waals surface area contributed by atoms with E-state index in [4.69, 9.17) is 0 Å². The Morgan fingerprint density at radius 2 is 2.00 bits per heavy atom. The summed E-state index contributed by atoms with van der Waals surface area (Å²) in [7, 11) is 0. The minimum absolute atomic E-state index is 0.00549. The summed E-state index contributed by atoms with van der Waals surface area (Å²) in [6.07, 6.45) is 4.05. The predicted octanol–water partition coefficient (Wildman–Crippen LogP) is 3.27. The summed E-state index contributed by atoms with van der Waals surface area (Å²) in [4.78, 5) is 15.2. The molecule has 0 saturated carbocycles. The maximum Gasteiger partial charge on any atom is 0.225 e. The van der Waals surface area contributed by atoms with Crippen LogP contribution in [0, 0.1) is 11.8 Å². The monoisotopic (exact) mass is 257 g/mol. The van der Waals surface area contributed by atoms with Crippen molar-refractivity contribution < 1.29 is 4.79 Å². The second kappa shape index (κ2) is 5.08. The topological polar surface area (TPSA) is 44.9 Å². The molecule has 1 atom stereocenters. The maximum absolute atomic E-state index is 11.9. The smallest absolute Gasteiger partial charge is 0.225 e. The van der Waals surface area contributed by atoms with Gasteiger partial charge in [-0.15, -0.1) is 0 Å². The molecule has 2 N–H and O–H groups in total. The molecule has 1 aromatic carbocycles. The predicted molar refractivity (Wildman–Crippen MR) is 78.8 cm³/mol. The van der Waals surface area contributed by atoms with Gasteiger partial charge in [0.15, 0.2) is 0 Å². The van der Waals surface area contributed by atoms with Gasteiger partial charge in [0.1, 0.15) is 0 Å². The number of carbonyl (C=O) groups is 1. The van der Waals surface area contributed by atoms with E-state index in [1.165, 1.54) is 5.39 Å². The lowest BCUT2D eigenvalue weighted by Gasteiger charge is -2.21. The molecule has 1 aromatic heterocycles. The molecule has 19 heavy (non-hydrogen) atoms. The zero-order valence-corrected chi connectivity index (χ0v) is 11.9. The van der Waals surface area contributed by atoms with Gasteiger partial charge in [0.05, 0.1) is 0 Å². The van der Waals surface area contributed by atoms with Gasteiger partial charge in [-0.05, 0) is 18.6 Å². The van der Waals surface area contributed by atoms with Crippen molar-refractivity contribution in [3.8, 4) is 0 Å². The molecule has 0 fully saturated rings. The van der Waals surface area contributed by atoms with Gasteiger partial charge in [-0.3, -0.25) is 4.79 Å². The Morgan fingerprint density at radius 3 is 2.68 bits per heavy atom. The molecule has 3 nitrogen and oxygen atoms in total. The molecule has 0 saturated heterocycles. The largest absolute Gasteiger partial charge is 0.361 e. The average Bonchev–Trinajstić information content (AvgIpc) is 2.71. The highest BCUT2D eigenvalue weighted by atomic mass is 16.2. The van der Waals surface area contributed by atoms with Crippen LogP contribution in [0.1, 0.15) is 33.3 Å². The van der Waals surface area contributed by atoms with Gasteiger partial charge in [-0.2, -0.15) is 0 Å². The van der Waals surface area contributed by atoms with Crippen LogP contribution in [0.2, 0.25) is 0 Å². The van der Waals surface area contributed by atoms with Crippen molar-refractivity contribution in [2.24, 2.45) is 5.41 Å². The minimum atomic E-state index is -0.359. The number of H-pyrrole nitrogens is 1. The van der Waals surface area contributed by atoms with E-state index in [1.807, 2.05) is 52.1 Å². The zero-order chi connectivity index (χ0) is 14.0. The molecule has 0 spiro atoms. The highest BCUT2D eigenvalue weighted by molar-refractivity contribution is 5.85. The number of fused-ring (bicyclic) bond motifs is 1. The Morgan fingerprint density at radius 1 is 1.32 bits per heavy atom. The number of hydrogen-bond acceptors (Lipinski definition) is 1. The molecule has 0 aliphatic heterocycles. The number of benzene rings is 1. The van der Waals surface area contributed by atoms with Crippen molar-refractivity contribution in [3.63, 3.8) is 0 Å². The van der Waals surface area contributed by atoms with Crippen LogP contribution >= 0.6 is 0 Å². The van der Waals surface area contributed by atoms with E-state index in [0.29, 0.717) is 0 Å². The summed E-state index contributed by atoms with van der Waals surface area (Å²) >= 11 is 0. The summed E-state index contributed by atoms with van der Waals surface area (Å²) in [6.45, 7) is 7.74. The lowest BCUT2D eigenvalue weighted by molar-refractivity contribution is -0.128. The number of aromatic amines is 1. The first kappa shape index (κ1) is 13.7. The average molecular weight is 257 g/mol. The van der Waals surface area contributed by atoms with E-state index in [1.54, 1.807) is 0 Å². The molecular weight excluding hydrogens is 236 g/mol. The lowest BCUT2D eigenvalue weighted by Crippen LogP contribution is -2.40. The summed E-state index contributed by atoms with van der Waals surface area (Å²) in [6, 6.07) is 8.16. The Bertz CT molecular complexity index is 578. The van der Waals surface area contributed by atoms with E-state index >= 15 is 0 Å². The van der Waals surface area contributed by atoms with Crippen LogP contribution in [0.15, 0.2) is 30.5 Å². The summed E-state index contributed by atoms with van der Waals surface area (Å²) in [5.74, 6) is 0.0658. The fourth-order valence-corrected chi connectivity index (χ4v) is 1.97. The van der Waals surface area contributed by atoms with E-state index in [-0.39, 0.29) is 17.4 Å². The summed E-state index contributed by atoms with van der Waals surface area (Å²) < 4.78 is 0. The van der Waals surface area contributed by atoms with Crippen LogP contribution in [0.3, 0.4) is 0 Å². The third-order valence-electron chi connectivity index (χ3n) is 3.09. The van der Waals surface area contributed by atoms with Crippen LogP contribution in [-0.4, -0.2) is 16.9 Å². The van der Waals surface area contributed by atoms with Crippen molar-refractivity contribution >= 4 is 16.8 Å². The van der Waals surface area contributed by atoms with Gasteiger partial charge in [0.25, 0.3) is 0 Å². The highest BCUT2D eigenvalue weighted by Gasteiger charge is 2.22. The fourth-order valence-electron chi connectivity index (χ4n) is 1.97. The van der Waals surface area contributed by atoms with E-state index < -0.39 is 0 Å². The van der Waals surface area contributed by atoms with Crippen molar-refractivity contribution in [2.45, 2.75) is 33.7 Å². The summed E-state index contributed by atoms with van der Waals surface area (Å²) in [5, 5.41) is 4.19. The van der Waals surface area contributed by atoms with Gasteiger partial charge in [-0.25, -0.2) is 0 Å². The highest BCUT2D eigenvalue weighted by Crippen LogP contribution is 2.21. The van der Waals surface area contributed by atoms with E-state index in [9.17, 15) is 4.79 Å². The van der Waals surface area contributed by atoms with Gasteiger partial charge in [-0.1, -0.05) is 39.0 Å². The zero-order valence-electron chi connectivity index (χ0n) is 11.9. The fraction of sp³-hybridized carbons (Fsp3) is 0.375. The Labute approximate surface area is 114 Å². The first-order valence-corrected chi connectivity index (χ1v) is 6.60. The standard InChI is InChI=1S/C16H21N2O/c1-11(18-15(19)16(2,3)4)9-12-10-17-14-8-6-5-7-13(12)14/h5-11,17H,1-4H3,(H,18,19). The normalized spacial score (nSPS) is 13.5. The second-order valence-corrected chi connectivity index (χ2v) is 5.97. The molecule has 101 valence electrons. The molecule has 3 heteroatoms. The first-order chi connectivity index (χ1) is 8.88. The van der Waals surface area contributed by atoms with Crippen molar-refractivity contribution in [1.29, 1.82) is 0 Å². The Balaban J connectivity index is 2.07. The van der Waals surface area contributed by atoms with Crippen molar-refractivity contribution in [3.05, 3.63) is 42.4 Å². The second-order valence-electron chi connectivity index (χ2n) is 5.97. The number of amides is 1. The van der Waals surface area contributed by atoms with Crippen LogP contribution in [0.5, 0.6) is 0 Å². The third-order valence-corrected chi connectivity index (χ3v) is 3.09. The molecule has 1 heterocycles. The third kappa shape index (κ3) is 3.16. The number of carbonyl (C=O) groups excluding carboxylic acids is 1. The van der Waals surface area contributed by atoms with Crippen molar-refractivity contribution in [1.82, 2.24) is 10.3 Å². The number of aromatic nitrogens is 1. The van der Waals surface area contributed by atoms with Crippen LogP contribution in [0.4, 0.5) is 0 Å². The molecule has 2 rings (SSSR count). The minimum Gasteiger partial charge on any atom is -0.361 e. The first-order valence-electron chi connectivity index (χ1n) is 6.60. The number of hydrogen-bond donors (Lipinski definition) is 2. The molecular formula is C16H21N2O. The molecule has 2 aromatic rings. The van der Waals surface area contributed by atoms with Crippen LogP contribution < -0.4 is 5.32 Å². The SMILES string of the molecule is CC([CH]c1c[nH]c2ccccc12)NC(=O)C(C)(C)C. The van der Waals surface area contributed by atoms with E-state index in [2.05, 4.69) is 22.8 Å². The Hall–Kier alpha value is -1.77. The maximum atomic E-state index is 11.9. The van der Waals surface area contributed by atoms with Crippen molar-refractivity contribution in [2.75, 3.05) is 0 Å². The molecule has 0 aliphatic carbocycles. The number of para-hydroxylation sites is 1. The van der Waals surface area contributed by atoms with Crippen LogP contribution in [0.25, 0.3) is 10.9 Å². The van der Waals surface area contributed by atoms with E-state index in [0.717, 1.165) is 11.1 Å². The quantitative estimate of drug-likeness (QED) is 0.871. The molecule has 0 bridgehead atoms. The van der Waals surface area contributed by atoms with Gasteiger partial charge in [0.2, 0.25) is 5.91 Å². The van der Waals surface area contributed by atoms with Gasteiger partial charge in [0, 0.05) is 35.0 Å². The lowest BCUT2D eigenvalue weighted by atomic mass is 9.95. The molecule has 0 aliphatic rings. The molecule has 1 radical (unpaired) electrons. The van der Waals surface area contributed by atoms with Gasteiger partial charge >= 0.3 is 0 Å². The molecule has 1 unspecified atom stereocenters. The number of rotatable bonds is 3. The Kier molecular flexibility index (Phi) is 3.65. The summed E-state index contributed by atoms with van der Waals surface area (Å²) in [5.41, 5.74) is 1.88. The van der Waals surface area contributed by atoms with Crippen LogP contribution in [-0.2, 0) is 4.79 Å². The number of nitrogens with one attached hydrogen (secondary N) is 2. The van der Waals surface area contributed by atoms with Gasteiger partial charge < -0.3 is 10.3 Å².